The molecule has 1 aliphatic carbocycles. The van der Waals surface area contributed by atoms with Crippen molar-refractivity contribution in [2.75, 3.05) is 0 Å². The van der Waals surface area contributed by atoms with Crippen LogP contribution >= 0.6 is 0 Å². The van der Waals surface area contributed by atoms with Gasteiger partial charge in [0.25, 0.3) is 0 Å². The molecule has 0 nitrogen and oxygen atoms in total. The first-order chi connectivity index (χ1) is 10.9. The molecule has 0 aromatic heterocycles. The summed E-state index contributed by atoms with van der Waals surface area (Å²) < 4.78 is 0. The van der Waals surface area contributed by atoms with Gasteiger partial charge >= 0.3 is 0 Å². The van der Waals surface area contributed by atoms with Crippen molar-refractivity contribution >= 4 is 6.08 Å². The molecule has 0 bridgehead atoms. The van der Waals surface area contributed by atoms with E-state index < -0.39 is 0 Å². The lowest BCUT2D eigenvalue weighted by Crippen LogP contribution is -1.97. The first kappa shape index (κ1) is 13.1. The second-order valence-corrected chi connectivity index (χ2v) is 5.77. The minimum absolute atomic E-state index is 1.14. The number of rotatable bonds is 2. The van der Waals surface area contributed by atoms with Crippen molar-refractivity contribution in [1.82, 2.24) is 0 Å². The normalized spacial score (nSPS) is 12.9. The van der Waals surface area contributed by atoms with Gasteiger partial charge in [-0.25, -0.2) is 0 Å². The highest BCUT2D eigenvalue weighted by molar-refractivity contribution is 5.86. The van der Waals surface area contributed by atoms with Crippen LogP contribution in [0.3, 0.4) is 0 Å². The van der Waals surface area contributed by atoms with E-state index in [0.717, 1.165) is 12.8 Å². The predicted octanol–water partition coefficient (Wildman–Crippen LogP) is 5.98. The molecule has 0 saturated carbocycles. The molecule has 0 amide bonds. The summed E-state index contributed by atoms with van der Waals surface area (Å²) in [6, 6.07) is 26.1. The number of fused-ring (bicyclic) bond motifs is 1. The quantitative estimate of drug-likeness (QED) is 0.542. The average Bonchev–Trinajstić information content (AvgIpc) is 2.62. The summed E-state index contributed by atoms with van der Waals surface area (Å²) in [7, 11) is 0. The zero-order chi connectivity index (χ0) is 14.8. The largest absolute Gasteiger partial charge is 0.0836 e. The van der Waals surface area contributed by atoms with E-state index in [9.17, 15) is 0 Å². The average molecular weight is 282 g/mol. The topological polar surface area (TPSA) is 0 Å². The summed E-state index contributed by atoms with van der Waals surface area (Å²) >= 11 is 0. The summed E-state index contributed by atoms with van der Waals surface area (Å²) in [5, 5.41) is 0. The minimum atomic E-state index is 1.14. The number of allylic oxidation sites excluding steroid dienone is 1. The Labute approximate surface area is 131 Å². The Morgan fingerprint density at radius 3 is 1.86 bits per heavy atom. The maximum atomic E-state index is 2.39. The van der Waals surface area contributed by atoms with Gasteiger partial charge in [-0.05, 0) is 58.4 Å². The maximum Gasteiger partial charge on any atom is -0.00993 e. The van der Waals surface area contributed by atoms with E-state index in [2.05, 4.69) is 84.9 Å². The summed E-state index contributed by atoms with van der Waals surface area (Å²) in [4.78, 5) is 0. The third-order valence-electron chi connectivity index (χ3n) is 4.33. The second kappa shape index (κ2) is 5.65. The Kier molecular flexibility index (Phi) is 3.36. The molecule has 3 aromatic rings. The zero-order valence-corrected chi connectivity index (χ0v) is 12.5. The molecule has 0 atom stereocenters. The summed E-state index contributed by atoms with van der Waals surface area (Å²) in [6.07, 6.45) is 6.83. The van der Waals surface area contributed by atoms with Crippen LogP contribution in [0.4, 0.5) is 0 Å². The van der Waals surface area contributed by atoms with Gasteiger partial charge in [-0.2, -0.15) is 0 Å². The van der Waals surface area contributed by atoms with Crippen LogP contribution in [0, 0.1) is 0 Å². The fourth-order valence-electron chi connectivity index (χ4n) is 3.20. The van der Waals surface area contributed by atoms with Crippen molar-refractivity contribution in [2.45, 2.75) is 12.8 Å². The van der Waals surface area contributed by atoms with Crippen LogP contribution in [0.2, 0.25) is 0 Å². The van der Waals surface area contributed by atoms with Crippen LogP contribution in [-0.4, -0.2) is 0 Å². The van der Waals surface area contributed by atoms with E-state index in [1.807, 2.05) is 0 Å². The van der Waals surface area contributed by atoms with Crippen molar-refractivity contribution < 1.29 is 0 Å². The molecule has 3 aromatic carbocycles. The third-order valence-corrected chi connectivity index (χ3v) is 4.33. The van der Waals surface area contributed by atoms with Gasteiger partial charge in [-0.1, -0.05) is 72.8 Å². The van der Waals surface area contributed by atoms with Crippen molar-refractivity contribution in [1.29, 1.82) is 0 Å². The fraction of sp³-hybridized carbons (Fsp3) is 0.0909. The van der Waals surface area contributed by atoms with Crippen LogP contribution in [0.25, 0.3) is 28.3 Å². The molecule has 106 valence electrons. The van der Waals surface area contributed by atoms with Crippen LogP contribution in [-0.2, 0) is 6.42 Å². The van der Waals surface area contributed by atoms with E-state index in [4.69, 9.17) is 0 Å². The molecule has 0 fully saturated rings. The van der Waals surface area contributed by atoms with Gasteiger partial charge in [0.15, 0.2) is 0 Å². The molecule has 4 rings (SSSR count). The smallest absolute Gasteiger partial charge is 0.00993 e. The number of hydrogen-bond acceptors (Lipinski definition) is 0. The van der Waals surface area contributed by atoms with E-state index in [1.54, 1.807) is 0 Å². The van der Waals surface area contributed by atoms with Crippen molar-refractivity contribution in [2.24, 2.45) is 0 Å². The minimum Gasteiger partial charge on any atom is -0.0836 e. The molecule has 0 N–H and O–H groups in total. The molecule has 0 radical (unpaired) electrons. The van der Waals surface area contributed by atoms with E-state index in [0.29, 0.717) is 0 Å². The van der Waals surface area contributed by atoms with Gasteiger partial charge in [0.2, 0.25) is 0 Å². The fourth-order valence-corrected chi connectivity index (χ4v) is 3.20. The summed E-state index contributed by atoms with van der Waals surface area (Å²) in [5.41, 5.74) is 8.05. The number of aryl methyl sites for hydroxylation is 1. The molecule has 0 spiro atoms. The third kappa shape index (κ3) is 2.37. The molecule has 0 saturated heterocycles. The van der Waals surface area contributed by atoms with E-state index in [1.165, 1.54) is 33.4 Å². The highest BCUT2D eigenvalue weighted by atomic mass is 14.2. The predicted molar refractivity (Wildman–Crippen MR) is 94.7 cm³/mol. The Balaban J connectivity index is 1.97. The molecule has 0 unspecified atom stereocenters. The Bertz CT molecular complexity index is 811. The molecular weight excluding hydrogens is 264 g/mol. The molecule has 0 aliphatic heterocycles. The molecule has 0 heterocycles. The molecule has 22 heavy (non-hydrogen) atoms. The van der Waals surface area contributed by atoms with Crippen molar-refractivity contribution in [3.05, 3.63) is 90.0 Å². The lowest BCUT2D eigenvalue weighted by Gasteiger charge is -2.17. The first-order valence-corrected chi connectivity index (χ1v) is 7.86. The second-order valence-electron chi connectivity index (χ2n) is 5.77. The Hall–Kier alpha value is -2.60. The monoisotopic (exact) mass is 282 g/mol. The van der Waals surface area contributed by atoms with Gasteiger partial charge in [0.1, 0.15) is 0 Å². The molecule has 0 heteroatoms. The van der Waals surface area contributed by atoms with Gasteiger partial charge < -0.3 is 0 Å². The van der Waals surface area contributed by atoms with E-state index in [-0.39, 0.29) is 0 Å². The van der Waals surface area contributed by atoms with Crippen molar-refractivity contribution in [3.63, 3.8) is 0 Å². The lowest BCUT2D eigenvalue weighted by atomic mass is 9.87. The zero-order valence-electron chi connectivity index (χ0n) is 12.5. The van der Waals surface area contributed by atoms with Gasteiger partial charge in [0.05, 0.1) is 0 Å². The number of benzene rings is 3. The van der Waals surface area contributed by atoms with Gasteiger partial charge in [-0.3, -0.25) is 0 Å². The maximum absolute atomic E-state index is 2.39. The molecular formula is C22H18. The highest BCUT2D eigenvalue weighted by Gasteiger charge is 2.13. The first-order valence-electron chi connectivity index (χ1n) is 7.86. The van der Waals surface area contributed by atoms with Gasteiger partial charge in [-0.15, -0.1) is 0 Å². The van der Waals surface area contributed by atoms with E-state index >= 15 is 0 Å². The van der Waals surface area contributed by atoms with Crippen LogP contribution < -0.4 is 0 Å². The molecule has 1 aliphatic rings. The van der Waals surface area contributed by atoms with Gasteiger partial charge in [0, 0.05) is 0 Å². The van der Waals surface area contributed by atoms with Crippen LogP contribution in [0.1, 0.15) is 17.5 Å². The lowest BCUT2D eigenvalue weighted by molar-refractivity contribution is 0.986. The van der Waals surface area contributed by atoms with Crippen LogP contribution in [0.5, 0.6) is 0 Å². The standard InChI is InChI=1S/C22H18/c1-3-9-17(10-4-1)21-15-19-13-7-8-14-20(19)16-22(21)18-11-5-2-6-12-18/h1-7,9-13,15-16H,8,14H2. The Morgan fingerprint density at radius 1 is 0.636 bits per heavy atom. The van der Waals surface area contributed by atoms with Crippen LogP contribution in [0.15, 0.2) is 78.9 Å². The summed E-state index contributed by atoms with van der Waals surface area (Å²) in [5.74, 6) is 0. The number of hydrogen-bond donors (Lipinski definition) is 0. The van der Waals surface area contributed by atoms with Crippen molar-refractivity contribution in [3.8, 4) is 22.3 Å². The summed E-state index contributed by atoms with van der Waals surface area (Å²) in [6.45, 7) is 0. The SMILES string of the molecule is C1=Cc2cc(-c3ccccc3)c(-c3ccccc3)cc2CC1. The Morgan fingerprint density at radius 2 is 1.23 bits per heavy atom. The highest BCUT2D eigenvalue weighted by Crippen LogP contribution is 2.36.